The molecule has 19 heavy (non-hydrogen) atoms. The molecule has 0 amide bonds. The molecule has 0 fully saturated rings. The number of fused-ring (bicyclic) bond motifs is 1. The Morgan fingerprint density at radius 1 is 1.26 bits per heavy atom. The highest BCUT2D eigenvalue weighted by molar-refractivity contribution is 7.98. The van der Waals surface area contributed by atoms with Crippen LogP contribution < -0.4 is 5.32 Å². The average molecular weight is 272 g/mol. The lowest BCUT2D eigenvalue weighted by molar-refractivity contribution is 1.04. The van der Waals surface area contributed by atoms with Crippen LogP contribution in [0.5, 0.6) is 0 Å². The fraction of sp³-hybridized carbons (Fsp3) is 0.357. The SMILES string of the molecule is CCNc1nc(-c2ccc(C)cn2)nc2c1CSC2. The van der Waals surface area contributed by atoms with E-state index in [1.54, 1.807) is 0 Å². The lowest BCUT2D eigenvalue weighted by Crippen LogP contribution is -2.07. The predicted molar refractivity (Wildman–Crippen MR) is 79.2 cm³/mol. The molecule has 3 rings (SSSR count). The first-order chi connectivity index (χ1) is 9.28. The van der Waals surface area contributed by atoms with Crippen molar-refractivity contribution in [2.75, 3.05) is 11.9 Å². The Morgan fingerprint density at radius 3 is 2.89 bits per heavy atom. The van der Waals surface area contributed by atoms with Crippen LogP contribution in [0.25, 0.3) is 11.5 Å². The Labute approximate surface area is 117 Å². The van der Waals surface area contributed by atoms with Crippen molar-refractivity contribution < 1.29 is 0 Å². The Bertz CT molecular complexity index is 595. The summed E-state index contributed by atoms with van der Waals surface area (Å²) in [5, 5.41) is 3.34. The highest BCUT2D eigenvalue weighted by Gasteiger charge is 2.20. The van der Waals surface area contributed by atoms with Gasteiger partial charge in [0.15, 0.2) is 5.82 Å². The van der Waals surface area contributed by atoms with Crippen LogP contribution in [0.3, 0.4) is 0 Å². The van der Waals surface area contributed by atoms with Crippen LogP contribution in [0.4, 0.5) is 5.82 Å². The average Bonchev–Trinajstić information content (AvgIpc) is 2.88. The van der Waals surface area contributed by atoms with Crippen molar-refractivity contribution in [1.29, 1.82) is 0 Å². The summed E-state index contributed by atoms with van der Waals surface area (Å²) in [4.78, 5) is 13.7. The van der Waals surface area contributed by atoms with E-state index in [0.717, 1.165) is 46.6 Å². The Kier molecular flexibility index (Phi) is 3.38. The third-order valence-corrected chi connectivity index (χ3v) is 4.03. The van der Waals surface area contributed by atoms with E-state index in [1.807, 2.05) is 37.0 Å². The van der Waals surface area contributed by atoms with Gasteiger partial charge in [-0.15, -0.1) is 0 Å². The van der Waals surface area contributed by atoms with E-state index in [1.165, 1.54) is 5.56 Å². The molecule has 0 saturated carbocycles. The number of aryl methyl sites for hydroxylation is 1. The molecule has 3 heterocycles. The van der Waals surface area contributed by atoms with Crippen LogP contribution in [-0.4, -0.2) is 21.5 Å². The Balaban J connectivity index is 2.07. The smallest absolute Gasteiger partial charge is 0.180 e. The zero-order valence-electron chi connectivity index (χ0n) is 11.1. The lowest BCUT2D eigenvalue weighted by atomic mass is 10.2. The highest BCUT2D eigenvalue weighted by Crippen LogP contribution is 2.34. The highest BCUT2D eigenvalue weighted by atomic mass is 32.2. The van der Waals surface area contributed by atoms with Crippen molar-refractivity contribution in [2.24, 2.45) is 0 Å². The Hall–Kier alpha value is -1.62. The van der Waals surface area contributed by atoms with Gasteiger partial charge in [-0.25, -0.2) is 9.97 Å². The predicted octanol–water partition coefficient (Wildman–Crippen LogP) is 3.03. The first-order valence-electron chi connectivity index (χ1n) is 6.42. The van der Waals surface area contributed by atoms with Crippen molar-refractivity contribution in [3.05, 3.63) is 35.2 Å². The molecule has 0 bridgehead atoms. The van der Waals surface area contributed by atoms with Gasteiger partial charge in [0.25, 0.3) is 0 Å². The third-order valence-electron chi connectivity index (χ3n) is 3.06. The van der Waals surface area contributed by atoms with E-state index in [2.05, 4.69) is 27.2 Å². The van der Waals surface area contributed by atoms with Crippen LogP contribution in [0.2, 0.25) is 0 Å². The van der Waals surface area contributed by atoms with Crippen molar-refractivity contribution >= 4 is 17.6 Å². The topological polar surface area (TPSA) is 50.7 Å². The van der Waals surface area contributed by atoms with Gasteiger partial charge in [-0.3, -0.25) is 4.98 Å². The largest absolute Gasteiger partial charge is 0.370 e. The second kappa shape index (κ2) is 5.17. The van der Waals surface area contributed by atoms with E-state index in [4.69, 9.17) is 0 Å². The first-order valence-corrected chi connectivity index (χ1v) is 7.58. The molecule has 4 nitrogen and oxygen atoms in total. The van der Waals surface area contributed by atoms with Crippen molar-refractivity contribution in [3.63, 3.8) is 0 Å². The zero-order valence-corrected chi connectivity index (χ0v) is 11.9. The minimum absolute atomic E-state index is 0.720. The second-order valence-electron chi connectivity index (χ2n) is 4.56. The first kappa shape index (κ1) is 12.4. The summed E-state index contributed by atoms with van der Waals surface area (Å²) in [6.45, 7) is 4.98. The molecule has 0 aliphatic carbocycles. The van der Waals surface area contributed by atoms with Gasteiger partial charge in [-0.05, 0) is 25.5 Å². The summed E-state index contributed by atoms with van der Waals surface area (Å²) in [6, 6.07) is 4.02. The van der Waals surface area contributed by atoms with Gasteiger partial charge < -0.3 is 5.32 Å². The molecular formula is C14H16N4S. The van der Waals surface area contributed by atoms with Gasteiger partial charge in [0.1, 0.15) is 11.5 Å². The summed E-state index contributed by atoms with van der Waals surface area (Å²) in [6.07, 6.45) is 1.85. The van der Waals surface area contributed by atoms with Crippen LogP contribution in [0, 0.1) is 6.92 Å². The van der Waals surface area contributed by atoms with Gasteiger partial charge in [-0.1, -0.05) is 6.07 Å². The Morgan fingerprint density at radius 2 is 2.16 bits per heavy atom. The summed E-state index contributed by atoms with van der Waals surface area (Å²) in [5.74, 6) is 3.65. The number of hydrogen-bond acceptors (Lipinski definition) is 5. The summed E-state index contributed by atoms with van der Waals surface area (Å²) in [7, 11) is 0. The van der Waals surface area contributed by atoms with E-state index < -0.39 is 0 Å². The van der Waals surface area contributed by atoms with E-state index >= 15 is 0 Å². The van der Waals surface area contributed by atoms with E-state index in [9.17, 15) is 0 Å². The maximum atomic E-state index is 4.66. The minimum Gasteiger partial charge on any atom is -0.370 e. The van der Waals surface area contributed by atoms with Crippen LogP contribution in [0.15, 0.2) is 18.3 Å². The lowest BCUT2D eigenvalue weighted by Gasteiger charge is -2.10. The van der Waals surface area contributed by atoms with Crippen molar-refractivity contribution in [2.45, 2.75) is 25.4 Å². The number of rotatable bonds is 3. The molecule has 0 spiro atoms. The van der Waals surface area contributed by atoms with E-state index in [-0.39, 0.29) is 0 Å². The minimum atomic E-state index is 0.720. The number of pyridine rings is 1. The normalized spacial score (nSPS) is 13.4. The maximum Gasteiger partial charge on any atom is 0.180 e. The van der Waals surface area contributed by atoms with Gasteiger partial charge in [0.2, 0.25) is 0 Å². The van der Waals surface area contributed by atoms with Crippen LogP contribution in [-0.2, 0) is 11.5 Å². The molecule has 98 valence electrons. The number of thioether (sulfide) groups is 1. The van der Waals surface area contributed by atoms with Crippen LogP contribution >= 0.6 is 11.8 Å². The number of aromatic nitrogens is 3. The maximum absolute atomic E-state index is 4.66. The molecule has 0 atom stereocenters. The summed E-state index contributed by atoms with van der Waals surface area (Å²) >= 11 is 1.89. The quantitative estimate of drug-likeness (QED) is 0.930. The molecule has 5 heteroatoms. The molecular weight excluding hydrogens is 256 g/mol. The molecule has 1 aliphatic rings. The summed E-state index contributed by atoms with van der Waals surface area (Å²) in [5.41, 5.74) is 4.38. The number of nitrogens with zero attached hydrogens (tertiary/aromatic N) is 3. The zero-order chi connectivity index (χ0) is 13.2. The molecule has 1 N–H and O–H groups in total. The molecule has 2 aromatic rings. The van der Waals surface area contributed by atoms with Gasteiger partial charge in [0.05, 0.1) is 5.69 Å². The van der Waals surface area contributed by atoms with E-state index in [0.29, 0.717) is 0 Å². The number of hydrogen-bond donors (Lipinski definition) is 1. The van der Waals surface area contributed by atoms with Crippen LogP contribution in [0.1, 0.15) is 23.7 Å². The number of anilines is 1. The monoisotopic (exact) mass is 272 g/mol. The standard InChI is InChI=1S/C14H16N4S/c1-3-15-13-10-7-19-8-12(10)17-14(18-13)11-5-4-9(2)6-16-11/h4-6H,3,7-8H2,1-2H3,(H,15,17,18). The van der Waals surface area contributed by atoms with Gasteiger partial charge in [-0.2, -0.15) is 11.8 Å². The summed E-state index contributed by atoms with van der Waals surface area (Å²) < 4.78 is 0. The molecule has 2 aromatic heterocycles. The fourth-order valence-corrected chi connectivity index (χ4v) is 3.12. The number of nitrogens with one attached hydrogen (secondary N) is 1. The third kappa shape index (κ3) is 2.42. The molecule has 0 radical (unpaired) electrons. The van der Waals surface area contributed by atoms with Gasteiger partial charge >= 0.3 is 0 Å². The molecule has 0 saturated heterocycles. The van der Waals surface area contributed by atoms with Gasteiger partial charge in [0, 0.05) is 29.8 Å². The van der Waals surface area contributed by atoms with Crippen molar-refractivity contribution in [3.8, 4) is 11.5 Å². The molecule has 1 aliphatic heterocycles. The molecule has 0 unspecified atom stereocenters. The fourth-order valence-electron chi connectivity index (χ4n) is 2.08. The van der Waals surface area contributed by atoms with Crippen molar-refractivity contribution in [1.82, 2.24) is 15.0 Å². The molecule has 0 aromatic carbocycles. The second-order valence-corrected chi connectivity index (χ2v) is 5.55.